The highest BCUT2D eigenvalue weighted by atomic mass is 16.3. The zero-order valence-electron chi connectivity index (χ0n) is 13.9. The van der Waals surface area contributed by atoms with Gasteiger partial charge in [0.15, 0.2) is 5.78 Å². The number of carbonyl (C=O) groups excluding carboxylic acids is 1. The predicted octanol–water partition coefficient (Wildman–Crippen LogP) is 5.07. The van der Waals surface area contributed by atoms with Gasteiger partial charge in [-0.05, 0) is 36.8 Å². The molecule has 0 radical (unpaired) electrons. The number of hydrogen-bond acceptors (Lipinski definition) is 3. The Hall–Kier alpha value is -1.90. The third-order valence-corrected chi connectivity index (χ3v) is 4.00. The van der Waals surface area contributed by atoms with E-state index < -0.39 is 0 Å². The Balaban J connectivity index is 2.53. The van der Waals surface area contributed by atoms with Gasteiger partial charge < -0.3 is 5.11 Å². The van der Waals surface area contributed by atoms with Gasteiger partial charge in [-0.2, -0.15) is 0 Å². The molecule has 1 aromatic carbocycles. The molecule has 3 nitrogen and oxygen atoms in total. The van der Waals surface area contributed by atoms with Gasteiger partial charge in [-0.15, -0.1) is 0 Å². The Kier molecular flexibility index (Phi) is 4.84. The van der Waals surface area contributed by atoms with E-state index in [1.807, 2.05) is 38.1 Å². The van der Waals surface area contributed by atoms with Crippen molar-refractivity contribution in [2.45, 2.75) is 53.4 Å². The summed E-state index contributed by atoms with van der Waals surface area (Å²) in [6.07, 6.45) is 2.50. The van der Waals surface area contributed by atoms with E-state index in [4.69, 9.17) is 4.99 Å². The Bertz CT molecular complexity index is 639. The predicted molar refractivity (Wildman–Crippen MR) is 90.9 cm³/mol. The van der Waals surface area contributed by atoms with Gasteiger partial charge in [0.2, 0.25) is 0 Å². The third kappa shape index (κ3) is 3.65. The van der Waals surface area contributed by atoms with Crippen molar-refractivity contribution < 1.29 is 9.90 Å². The van der Waals surface area contributed by atoms with Crippen molar-refractivity contribution in [3.63, 3.8) is 0 Å². The Labute approximate surface area is 132 Å². The molecule has 1 N–H and O–H groups in total. The maximum Gasteiger partial charge on any atom is 0.168 e. The van der Waals surface area contributed by atoms with Crippen molar-refractivity contribution in [1.82, 2.24) is 0 Å². The molecule has 0 aromatic heterocycles. The molecule has 0 aliphatic heterocycles. The summed E-state index contributed by atoms with van der Waals surface area (Å²) in [6.45, 7) is 8.15. The van der Waals surface area contributed by atoms with E-state index in [1.54, 1.807) is 0 Å². The number of rotatable bonds is 3. The highest BCUT2D eigenvalue weighted by Crippen LogP contribution is 2.37. The van der Waals surface area contributed by atoms with Crippen LogP contribution in [0.4, 0.5) is 5.69 Å². The lowest BCUT2D eigenvalue weighted by molar-refractivity contribution is -0.117. The van der Waals surface area contributed by atoms with Gasteiger partial charge in [0, 0.05) is 12.8 Å². The van der Waals surface area contributed by atoms with Crippen molar-refractivity contribution in [2.24, 2.45) is 10.4 Å². The maximum absolute atomic E-state index is 12.5. The van der Waals surface area contributed by atoms with Crippen LogP contribution in [-0.4, -0.2) is 16.6 Å². The van der Waals surface area contributed by atoms with Gasteiger partial charge in [0.25, 0.3) is 0 Å². The number of nitrogens with zero attached hydrogens (tertiary/aromatic N) is 1. The zero-order valence-corrected chi connectivity index (χ0v) is 13.9. The first-order chi connectivity index (χ1) is 10.3. The largest absolute Gasteiger partial charge is 0.511 e. The van der Waals surface area contributed by atoms with E-state index >= 15 is 0 Å². The number of aryl methyl sites for hydroxylation is 1. The molecule has 1 aliphatic carbocycles. The van der Waals surface area contributed by atoms with Gasteiger partial charge in [0.1, 0.15) is 5.76 Å². The fraction of sp³-hybridized carbons (Fsp3) is 0.474. The molecule has 2 rings (SSSR count). The molecular formula is C19H25NO2. The number of ketones is 1. The summed E-state index contributed by atoms with van der Waals surface area (Å²) in [4.78, 5) is 17.2. The van der Waals surface area contributed by atoms with Crippen LogP contribution < -0.4 is 0 Å². The number of carbonyl (C=O) groups is 1. The molecule has 1 aromatic rings. The number of aliphatic hydroxyl groups excluding tert-OH is 1. The smallest absolute Gasteiger partial charge is 0.168 e. The topological polar surface area (TPSA) is 49.7 Å². The Morgan fingerprint density at radius 1 is 1.27 bits per heavy atom. The lowest BCUT2D eigenvalue weighted by Gasteiger charge is -2.31. The van der Waals surface area contributed by atoms with E-state index in [-0.39, 0.29) is 17.0 Å². The second kappa shape index (κ2) is 6.47. The molecule has 0 spiro atoms. The highest BCUT2D eigenvalue weighted by molar-refractivity contribution is 6.25. The molecule has 0 atom stereocenters. The number of aliphatic imine (C=N–C) groups is 1. The number of hydrogen-bond donors (Lipinski definition) is 1. The molecule has 0 unspecified atom stereocenters. The molecule has 22 heavy (non-hydrogen) atoms. The van der Waals surface area contributed by atoms with Crippen molar-refractivity contribution in [2.75, 3.05) is 0 Å². The molecular weight excluding hydrogens is 274 g/mol. The summed E-state index contributed by atoms with van der Waals surface area (Å²) in [7, 11) is 0. The second-order valence-corrected chi connectivity index (χ2v) is 6.86. The lowest BCUT2D eigenvalue weighted by atomic mass is 9.73. The van der Waals surface area contributed by atoms with Crippen LogP contribution >= 0.6 is 0 Å². The maximum atomic E-state index is 12.5. The monoisotopic (exact) mass is 299 g/mol. The van der Waals surface area contributed by atoms with E-state index in [0.717, 1.165) is 23.4 Å². The number of para-hydroxylation sites is 1. The van der Waals surface area contributed by atoms with Gasteiger partial charge in [0.05, 0.1) is 17.0 Å². The van der Waals surface area contributed by atoms with Crippen LogP contribution in [-0.2, 0) is 4.79 Å². The fourth-order valence-electron chi connectivity index (χ4n) is 2.91. The molecule has 0 saturated heterocycles. The van der Waals surface area contributed by atoms with Crippen LogP contribution in [0.5, 0.6) is 0 Å². The summed E-state index contributed by atoms with van der Waals surface area (Å²) in [6, 6.07) is 7.87. The molecule has 1 fully saturated rings. The van der Waals surface area contributed by atoms with E-state index in [0.29, 0.717) is 24.8 Å². The highest BCUT2D eigenvalue weighted by Gasteiger charge is 2.36. The minimum atomic E-state index is -0.116. The minimum Gasteiger partial charge on any atom is -0.511 e. The average molecular weight is 299 g/mol. The molecule has 1 saturated carbocycles. The summed E-state index contributed by atoms with van der Waals surface area (Å²) in [5.41, 5.74) is 2.99. The zero-order chi connectivity index (χ0) is 16.3. The Morgan fingerprint density at radius 2 is 1.95 bits per heavy atom. The minimum absolute atomic E-state index is 0.00883. The molecule has 1 aliphatic rings. The SMILES string of the molecule is CCCC(O)=C1C(=O)CC(C)(C)CC1=Nc1ccccc1C. The molecule has 0 heterocycles. The molecule has 0 amide bonds. The number of benzene rings is 1. The molecule has 3 heteroatoms. The Morgan fingerprint density at radius 3 is 2.59 bits per heavy atom. The number of allylic oxidation sites excluding steroid dienone is 2. The summed E-state index contributed by atoms with van der Waals surface area (Å²) in [5.74, 6) is 0.199. The van der Waals surface area contributed by atoms with Gasteiger partial charge in [-0.25, -0.2) is 0 Å². The van der Waals surface area contributed by atoms with E-state index in [2.05, 4.69) is 13.8 Å². The first kappa shape index (κ1) is 16.5. The normalized spacial score (nSPS) is 22.0. The van der Waals surface area contributed by atoms with E-state index in [9.17, 15) is 9.90 Å². The van der Waals surface area contributed by atoms with Crippen molar-refractivity contribution >= 4 is 17.2 Å². The summed E-state index contributed by atoms with van der Waals surface area (Å²) >= 11 is 0. The van der Waals surface area contributed by atoms with Gasteiger partial charge in [-0.3, -0.25) is 9.79 Å². The fourth-order valence-corrected chi connectivity index (χ4v) is 2.91. The standard InChI is InChI=1S/C19H25NO2/c1-5-8-16(21)18-15(11-19(3,4)12-17(18)22)20-14-10-7-6-9-13(14)2/h6-7,9-10,21H,5,8,11-12H2,1-4H3. The second-order valence-electron chi connectivity index (χ2n) is 6.86. The first-order valence-corrected chi connectivity index (χ1v) is 7.93. The first-order valence-electron chi connectivity index (χ1n) is 7.93. The van der Waals surface area contributed by atoms with Gasteiger partial charge in [-0.1, -0.05) is 39.0 Å². The quantitative estimate of drug-likeness (QED) is 0.626. The van der Waals surface area contributed by atoms with Crippen LogP contribution in [0.15, 0.2) is 40.6 Å². The van der Waals surface area contributed by atoms with Crippen molar-refractivity contribution in [1.29, 1.82) is 0 Å². The third-order valence-electron chi connectivity index (χ3n) is 4.00. The molecule has 0 bridgehead atoms. The van der Waals surface area contributed by atoms with Crippen LogP contribution in [0.2, 0.25) is 0 Å². The molecule has 118 valence electrons. The summed E-state index contributed by atoms with van der Waals surface area (Å²) < 4.78 is 0. The lowest BCUT2D eigenvalue weighted by Crippen LogP contribution is -2.32. The van der Waals surface area contributed by atoms with Crippen LogP contribution in [0.3, 0.4) is 0 Å². The van der Waals surface area contributed by atoms with E-state index in [1.165, 1.54) is 0 Å². The number of Topliss-reactive ketones (excluding diaryl/α,β-unsaturated/α-hetero) is 1. The van der Waals surface area contributed by atoms with Crippen LogP contribution in [0, 0.1) is 12.3 Å². The van der Waals surface area contributed by atoms with Crippen molar-refractivity contribution in [3.05, 3.63) is 41.2 Å². The summed E-state index contributed by atoms with van der Waals surface area (Å²) in [5, 5.41) is 10.3. The van der Waals surface area contributed by atoms with Crippen molar-refractivity contribution in [3.8, 4) is 0 Å². The van der Waals surface area contributed by atoms with Crippen LogP contribution in [0.1, 0.15) is 52.0 Å². The van der Waals surface area contributed by atoms with Crippen LogP contribution in [0.25, 0.3) is 0 Å². The van der Waals surface area contributed by atoms with Gasteiger partial charge >= 0.3 is 0 Å². The number of aliphatic hydroxyl groups is 1. The average Bonchev–Trinajstić information content (AvgIpc) is 2.39.